The maximum atomic E-state index is 14.9. The minimum absolute atomic E-state index is 0.0419. The number of aromatic nitrogens is 2. The normalized spacial score (nSPS) is 15.2. The summed E-state index contributed by atoms with van der Waals surface area (Å²) in [6.45, 7) is 3.26. The Labute approximate surface area is 271 Å². The lowest BCUT2D eigenvalue weighted by Gasteiger charge is -2.35. The van der Waals surface area contributed by atoms with Crippen LogP contribution in [0.1, 0.15) is 63.0 Å². The lowest BCUT2D eigenvalue weighted by Crippen LogP contribution is -2.46. The van der Waals surface area contributed by atoms with Gasteiger partial charge in [0.05, 0.1) is 39.6 Å². The van der Waals surface area contributed by atoms with E-state index in [0.717, 1.165) is 12.1 Å². The highest BCUT2D eigenvalue weighted by Crippen LogP contribution is 2.33. The fourth-order valence-corrected chi connectivity index (χ4v) is 5.59. The van der Waals surface area contributed by atoms with Gasteiger partial charge in [0, 0.05) is 35.3 Å². The maximum absolute atomic E-state index is 14.9. The average Bonchev–Trinajstić information content (AvgIpc) is 3.01. The predicted molar refractivity (Wildman–Crippen MR) is 166 cm³/mol. The Balaban J connectivity index is 1.58. The highest BCUT2D eigenvalue weighted by Gasteiger charge is 2.34. The number of fused-ring (bicyclic) bond motifs is 1. The van der Waals surface area contributed by atoms with E-state index in [1.165, 1.54) is 42.8 Å². The summed E-state index contributed by atoms with van der Waals surface area (Å²) in [6, 6.07) is 11.5. The van der Waals surface area contributed by atoms with Crippen LogP contribution in [0.15, 0.2) is 65.5 Å². The fraction of sp³-hybridized carbons (Fsp3) is 0.250. The van der Waals surface area contributed by atoms with E-state index in [0.29, 0.717) is 28.4 Å². The average molecular weight is 676 g/mol. The number of hydrogen-bond acceptors (Lipinski definition) is 5. The van der Waals surface area contributed by atoms with Gasteiger partial charge in [-0.1, -0.05) is 29.3 Å². The third kappa shape index (κ3) is 6.45. The molecule has 1 aliphatic rings. The van der Waals surface area contributed by atoms with Gasteiger partial charge in [-0.15, -0.1) is 0 Å². The SMILES string of the molecule is CNC(=O)c1ccc(-n2c(N[C@H](C)c3ccc(C(F)(F)F)cc3F)nc3c(c2=O)C[C@@H](C)N(C(=O)c2ccc(Cl)c(Cl)c2)C3)cc1. The van der Waals surface area contributed by atoms with Crippen LogP contribution < -0.4 is 16.2 Å². The van der Waals surface area contributed by atoms with Crippen LogP contribution in [-0.4, -0.2) is 39.4 Å². The van der Waals surface area contributed by atoms with Gasteiger partial charge < -0.3 is 15.5 Å². The van der Waals surface area contributed by atoms with Crippen LogP contribution in [0.2, 0.25) is 10.0 Å². The van der Waals surface area contributed by atoms with Gasteiger partial charge >= 0.3 is 6.18 Å². The number of alkyl halides is 3. The number of nitrogens with zero attached hydrogens (tertiary/aromatic N) is 3. The summed E-state index contributed by atoms with van der Waals surface area (Å²) in [5.41, 5.74) is -0.0963. The van der Waals surface area contributed by atoms with E-state index in [-0.39, 0.29) is 52.0 Å². The molecule has 8 nitrogen and oxygen atoms in total. The van der Waals surface area contributed by atoms with Crippen LogP contribution in [0.5, 0.6) is 0 Å². The molecule has 3 aromatic carbocycles. The van der Waals surface area contributed by atoms with Gasteiger partial charge in [-0.2, -0.15) is 13.2 Å². The molecule has 1 aromatic heterocycles. The van der Waals surface area contributed by atoms with E-state index >= 15 is 0 Å². The van der Waals surface area contributed by atoms with E-state index in [1.54, 1.807) is 30.0 Å². The van der Waals surface area contributed by atoms with E-state index in [2.05, 4.69) is 10.6 Å². The van der Waals surface area contributed by atoms with E-state index in [9.17, 15) is 31.9 Å². The summed E-state index contributed by atoms with van der Waals surface area (Å²) in [4.78, 5) is 45.9. The molecule has 1 aliphatic heterocycles. The molecule has 2 atom stereocenters. The molecule has 4 aromatic rings. The third-order valence-corrected chi connectivity index (χ3v) is 8.54. The Bertz CT molecular complexity index is 1900. The number of anilines is 1. The number of nitrogens with one attached hydrogen (secondary N) is 2. The highest BCUT2D eigenvalue weighted by atomic mass is 35.5. The topological polar surface area (TPSA) is 96.3 Å². The second-order valence-electron chi connectivity index (χ2n) is 10.8. The second kappa shape index (κ2) is 12.8. The lowest BCUT2D eigenvalue weighted by atomic mass is 9.98. The number of benzene rings is 3. The van der Waals surface area contributed by atoms with Crippen LogP contribution in [0, 0.1) is 5.82 Å². The quantitative estimate of drug-likeness (QED) is 0.219. The molecule has 0 saturated heterocycles. The van der Waals surface area contributed by atoms with Gasteiger partial charge in [0.1, 0.15) is 5.82 Å². The highest BCUT2D eigenvalue weighted by molar-refractivity contribution is 6.42. The summed E-state index contributed by atoms with van der Waals surface area (Å²) in [6.07, 6.45) is -4.57. The zero-order valence-corrected chi connectivity index (χ0v) is 26.2. The van der Waals surface area contributed by atoms with Crippen molar-refractivity contribution in [1.29, 1.82) is 0 Å². The number of carbonyl (C=O) groups excluding carboxylic acids is 2. The van der Waals surface area contributed by atoms with Crippen molar-refractivity contribution in [3.8, 4) is 5.69 Å². The molecule has 0 radical (unpaired) electrons. The van der Waals surface area contributed by atoms with E-state index in [1.807, 2.05) is 0 Å². The first-order valence-corrected chi connectivity index (χ1v) is 14.8. The van der Waals surface area contributed by atoms with Gasteiger partial charge in [0.2, 0.25) is 5.95 Å². The predicted octanol–water partition coefficient (Wildman–Crippen LogP) is 6.82. The second-order valence-corrected chi connectivity index (χ2v) is 11.7. The minimum atomic E-state index is -4.73. The number of halogens is 6. The first kappa shape index (κ1) is 33.0. The summed E-state index contributed by atoms with van der Waals surface area (Å²) in [5.74, 6) is -1.83. The Kier molecular flexibility index (Phi) is 9.14. The van der Waals surface area contributed by atoms with Crippen LogP contribution in [0.3, 0.4) is 0 Å². The monoisotopic (exact) mass is 675 g/mol. The summed E-state index contributed by atoms with van der Waals surface area (Å²) >= 11 is 12.2. The van der Waals surface area contributed by atoms with Crippen molar-refractivity contribution in [3.63, 3.8) is 0 Å². The Morgan fingerprint density at radius 3 is 2.28 bits per heavy atom. The zero-order chi connectivity index (χ0) is 33.5. The van der Waals surface area contributed by atoms with Crippen molar-refractivity contribution in [3.05, 3.63) is 120 Å². The lowest BCUT2D eigenvalue weighted by molar-refractivity contribution is -0.137. The van der Waals surface area contributed by atoms with Crippen molar-refractivity contribution < 1.29 is 27.2 Å². The molecule has 0 fully saturated rings. The largest absolute Gasteiger partial charge is 0.416 e. The molecule has 5 rings (SSSR count). The van der Waals surface area contributed by atoms with E-state index in [4.69, 9.17) is 28.2 Å². The molecule has 46 heavy (non-hydrogen) atoms. The molecule has 2 amide bonds. The third-order valence-electron chi connectivity index (χ3n) is 7.80. The molecule has 14 heteroatoms. The van der Waals surface area contributed by atoms with Crippen molar-refractivity contribution >= 4 is 41.0 Å². The molecule has 0 bridgehead atoms. The molecule has 0 spiro atoms. The van der Waals surface area contributed by atoms with Crippen molar-refractivity contribution in [2.24, 2.45) is 0 Å². The maximum Gasteiger partial charge on any atom is 0.416 e. The summed E-state index contributed by atoms with van der Waals surface area (Å²) in [5, 5.41) is 5.99. The molecule has 240 valence electrons. The van der Waals surface area contributed by atoms with Gasteiger partial charge in [0.15, 0.2) is 0 Å². The summed E-state index contributed by atoms with van der Waals surface area (Å²) < 4.78 is 55.7. The Morgan fingerprint density at radius 2 is 1.67 bits per heavy atom. The number of rotatable bonds is 6. The molecule has 0 saturated carbocycles. The van der Waals surface area contributed by atoms with Crippen LogP contribution in [0.25, 0.3) is 5.69 Å². The van der Waals surface area contributed by atoms with Gasteiger partial charge in [0.25, 0.3) is 17.4 Å². The molecular formula is C32H27Cl2F4N5O3. The first-order chi connectivity index (χ1) is 21.7. The molecule has 2 heterocycles. The number of carbonyl (C=O) groups is 2. The van der Waals surface area contributed by atoms with Crippen LogP contribution >= 0.6 is 23.2 Å². The first-order valence-electron chi connectivity index (χ1n) is 14.1. The fourth-order valence-electron chi connectivity index (χ4n) is 5.29. The van der Waals surface area contributed by atoms with Crippen molar-refractivity contribution in [1.82, 2.24) is 19.8 Å². The zero-order valence-electron chi connectivity index (χ0n) is 24.7. The molecule has 2 N–H and O–H groups in total. The standard InChI is InChI=1S/C32H27Cl2F4N5O3/c1-16-12-23-27(15-42(16)29(45)19-6-11-24(33)25(34)13-19)41-31(40-17(2)22-10-7-20(14-26(22)35)32(36,37)38)43(30(23)46)21-8-4-18(5-9-21)28(44)39-3/h4-11,13-14,16-17H,12,15H2,1-3H3,(H,39,44)(H,40,41)/t16-,17-/m1/s1. The smallest absolute Gasteiger partial charge is 0.355 e. The van der Waals surface area contributed by atoms with Gasteiger partial charge in [-0.05, 0) is 74.9 Å². The van der Waals surface area contributed by atoms with Crippen LogP contribution in [0.4, 0.5) is 23.5 Å². The minimum Gasteiger partial charge on any atom is -0.355 e. The number of amides is 2. The van der Waals surface area contributed by atoms with E-state index < -0.39 is 35.2 Å². The molecular weight excluding hydrogens is 649 g/mol. The van der Waals surface area contributed by atoms with Crippen LogP contribution in [-0.2, 0) is 19.1 Å². The van der Waals surface area contributed by atoms with Crippen molar-refractivity contribution in [2.45, 2.75) is 45.1 Å². The van der Waals surface area contributed by atoms with Crippen molar-refractivity contribution in [2.75, 3.05) is 12.4 Å². The Morgan fingerprint density at radius 1 is 1.00 bits per heavy atom. The summed E-state index contributed by atoms with van der Waals surface area (Å²) in [7, 11) is 1.48. The number of hydrogen-bond donors (Lipinski definition) is 2. The molecule has 0 aliphatic carbocycles. The van der Waals surface area contributed by atoms with Gasteiger partial charge in [-0.25, -0.2) is 13.9 Å². The molecule has 0 unspecified atom stereocenters. The van der Waals surface area contributed by atoms with Gasteiger partial charge in [-0.3, -0.25) is 14.4 Å². The Hall–Kier alpha value is -4.42.